The highest BCUT2D eigenvalue weighted by molar-refractivity contribution is 5.94. The summed E-state index contributed by atoms with van der Waals surface area (Å²) in [6.07, 6.45) is 0. The second-order valence-electron chi connectivity index (χ2n) is 4.78. The van der Waals surface area contributed by atoms with Crippen molar-refractivity contribution in [1.82, 2.24) is 4.90 Å². The minimum Gasteiger partial charge on any atom is -0.325 e. The van der Waals surface area contributed by atoms with Gasteiger partial charge in [0.2, 0.25) is 5.91 Å². The van der Waals surface area contributed by atoms with Crippen molar-refractivity contribution < 1.29 is 4.79 Å². The lowest BCUT2D eigenvalue weighted by Gasteiger charge is -2.30. The normalized spacial score (nSPS) is 12.3. The number of benzene rings is 1. The Bertz CT molecular complexity index is 459. The van der Waals surface area contributed by atoms with Crippen molar-refractivity contribution in [1.29, 1.82) is 5.26 Å². The average molecular weight is 259 g/mol. The molecule has 0 saturated carbocycles. The van der Waals surface area contributed by atoms with E-state index in [-0.39, 0.29) is 11.9 Å². The molecule has 1 amide bonds. The Balaban J connectivity index is 2.70. The number of anilines is 1. The Morgan fingerprint density at radius 2 is 1.89 bits per heavy atom. The number of rotatable bonds is 5. The van der Waals surface area contributed by atoms with E-state index in [1.54, 1.807) is 24.3 Å². The van der Waals surface area contributed by atoms with Gasteiger partial charge >= 0.3 is 0 Å². The average Bonchev–Trinajstić information content (AvgIpc) is 2.39. The number of amides is 1. The van der Waals surface area contributed by atoms with Gasteiger partial charge in [-0.15, -0.1) is 0 Å². The summed E-state index contributed by atoms with van der Waals surface area (Å²) in [5.41, 5.74) is 1.30. The van der Waals surface area contributed by atoms with E-state index in [2.05, 4.69) is 30.1 Å². The van der Waals surface area contributed by atoms with Gasteiger partial charge in [-0.2, -0.15) is 5.26 Å². The summed E-state index contributed by atoms with van der Waals surface area (Å²) in [6, 6.07) is 9.08. The van der Waals surface area contributed by atoms with Gasteiger partial charge in [-0.05, 0) is 51.6 Å². The van der Waals surface area contributed by atoms with Gasteiger partial charge in [0.25, 0.3) is 0 Å². The van der Waals surface area contributed by atoms with Crippen LogP contribution in [0.5, 0.6) is 0 Å². The van der Waals surface area contributed by atoms with E-state index >= 15 is 0 Å². The first-order chi connectivity index (χ1) is 8.99. The molecule has 0 saturated heterocycles. The fourth-order valence-electron chi connectivity index (χ4n) is 2.11. The molecule has 4 heteroatoms. The number of nitrogens with zero attached hydrogens (tertiary/aromatic N) is 2. The maximum Gasteiger partial charge on any atom is 0.241 e. The SMILES string of the molecule is CCN(C(C)C)C(C)C(=O)Nc1ccc(C#N)cc1. The highest BCUT2D eigenvalue weighted by Gasteiger charge is 2.22. The van der Waals surface area contributed by atoms with Crippen LogP contribution in [0.15, 0.2) is 24.3 Å². The van der Waals surface area contributed by atoms with E-state index in [0.29, 0.717) is 11.6 Å². The van der Waals surface area contributed by atoms with E-state index in [1.807, 2.05) is 13.8 Å². The van der Waals surface area contributed by atoms with E-state index < -0.39 is 0 Å². The van der Waals surface area contributed by atoms with E-state index in [0.717, 1.165) is 12.2 Å². The van der Waals surface area contributed by atoms with Crippen LogP contribution in [0.2, 0.25) is 0 Å². The number of likely N-dealkylation sites (N-methyl/N-ethyl adjacent to an activating group) is 1. The van der Waals surface area contributed by atoms with Gasteiger partial charge < -0.3 is 5.32 Å². The molecule has 0 fully saturated rings. The first-order valence-corrected chi connectivity index (χ1v) is 6.56. The molecule has 0 aliphatic heterocycles. The van der Waals surface area contributed by atoms with Gasteiger partial charge in [0.1, 0.15) is 0 Å². The molecule has 1 rings (SSSR count). The summed E-state index contributed by atoms with van der Waals surface area (Å²) < 4.78 is 0. The summed E-state index contributed by atoms with van der Waals surface area (Å²) in [4.78, 5) is 14.3. The number of nitrogens with one attached hydrogen (secondary N) is 1. The monoisotopic (exact) mass is 259 g/mol. The molecular formula is C15H21N3O. The second kappa shape index (κ2) is 6.91. The third kappa shape index (κ3) is 4.08. The van der Waals surface area contributed by atoms with Crippen molar-refractivity contribution in [3.63, 3.8) is 0 Å². The van der Waals surface area contributed by atoms with Crippen molar-refractivity contribution in [3.8, 4) is 6.07 Å². The zero-order valence-corrected chi connectivity index (χ0v) is 12.0. The fourth-order valence-corrected chi connectivity index (χ4v) is 2.11. The number of carbonyl (C=O) groups is 1. The first kappa shape index (κ1) is 15.2. The molecule has 1 aromatic rings. The minimum absolute atomic E-state index is 0.0275. The molecule has 1 unspecified atom stereocenters. The predicted molar refractivity (Wildman–Crippen MR) is 76.8 cm³/mol. The molecule has 1 aromatic carbocycles. The minimum atomic E-state index is -0.180. The maximum atomic E-state index is 12.2. The first-order valence-electron chi connectivity index (χ1n) is 6.56. The largest absolute Gasteiger partial charge is 0.325 e. The standard InChI is InChI=1S/C15H21N3O/c1-5-18(11(2)3)12(4)15(19)17-14-8-6-13(10-16)7-9-14/h6-9,11-12H,5H2,1-4H3,(H,17,19). The number of nitriles is 1. The van der Waals surface area contributed by atoms with Crippen LogP contribution in [0.1, 0.15) is 33.3 Å². The Morgan fingerprint density at radius 1 is 1.32 bits per heavy atom. The Hall–Kier alpha value is -1.86. The quantitative estimate of drug-likeness (QED) is 0.884. The molecule has 0 radical (unpaired) electrons. The van der Waals surface area contributed by atoms with Crippen molar-refractivity contribution in [2.24, 2.45) is 0 Å². The summed E-state index contributed by atoms with van der Waals surface area (Å²) in [5.74, 6) is -0.0275. The Kier molecular flexibility index (Phi) is 5.53. The van der Waals surface area contributed by atoms with Crippen molar-refractivity contribution in [2.45, 2.75) is 39.8 Å². The van der Waals surface area contributed by atoms with Crippen LogP contribution in [-0.2, 0) is 4.79 Å². The molecule has 102 valence electrons. The highest BCUT2D eigenvalue weighted by atomic mass is 16.2. The third-order valence-corrected chi connectivity index (χ3v) is 3.19. The maximum absolute atomic E-state index is 12.2. The second-order valence-corrected chi connectivity index (χ2v) is 4.78. The molecule has 0 bridgehead atoms. The van der Waals surface area contributed by atoms with Crippen LogP contribution < -0.4 is 5.32 Å². The number of hydrogen-bond acceptors (Lipinski definition) is 3. The fraction of sp³-hybridized carbons (Fsp3) is 0.467. The van der Waals surface area contributed by atoms with Gasteiger partial charge in [-0.1, -0.05) is 6.92 Å². The van der Waals surface area contributed by atoms with Crippen molar-refractivity contribution in [3.05, 3.63) is 29.8 Å². The predicted octanol–water partition coefficient (Wildman–Crippen LogP) is 2.62. The molecular weight excluding hydrogens is 238 g/mol. The van der Waals surface area contributed by atoms with Gasteiger partial charge in [0.15, 0.2) is 0 Å². The molecule has 1 atom stereocenters. The zero-order valence-electron chi connectivity index (χ0n) is 12.0. The van der Waals surface area contributed by atoms with Gasteiger partial charge in [0.05, 0.1) is 17.7 Å². The zero-order chi connectivity index (χ0) is 14.4. The highest BCUT2D eigenvalue weighted by Crippen LogP contribution is 2.11. The van der Waals surface area contributed by atoms with E-state index in [9.17, 15) is 4.79 Å². The molecule has 4 nitrogen and oxygen atoms in total. The third-order valence-electron chi connectivity index (χ3n) is 3.19. The summed E-state index contributed by atoms with van der Waals surface area (Å²) >= 11 is 0. The summed E-state index contributed by atoms with van der Waals surface area (Å²) in [5, 5.41) is 11.6. The lowest BCUT2D eigenvalue weighted by molar-refractivity contribution is -0.121. The van der Waals surface area contributed by atoms with Crippen LogP contribution in [0, 0.1) is 11.3 Å². The van der Waals surface area contributed by atoms with Crippen LogP contribution in [0.25, 0.3) is 0 Å². The van der Waals surface area contributed by atoms with Crippen molar-refractivity contribution >= 4 is 11.6 Å². The number of hydrogen-bond donors (Lipinski definition) is 1. The lowest BCUT2D eigenvalue weighted by Crippen LogP contribution is -2.45. The van der Waals surface area contributed by atoms with E-state index in [1.165, 1.54) is 0 Å². The summed E-state index contributed by atoms with van der Waals surface area (Å²) in [6.45, 7) is 8.94. The lowest BCUT2D eigenvalue weighted by atomic mass is 10.2. The van der Waals surface area contributed by atoms with E-state index in [4.69, 9.17) is 5.26 Å². The molecule has 1 N–H and O–H groups in total. The van der Waals surface area contributed by atoms with Crippen LogP contribution in [0.4, 0.5) is 5.69 Å². The van der Waals surface area contributed by atoms with Crippen LogP contribution in [0.3, 0.4) is 0 Å². The Labute approximate surface area is 115 Å². The van der Waals surface area contributed by atoms with Crippen LogP contribution >= 0.6 is 0 Å². The molecule has 19 heavy (non-hydrogen) atoms. The van der Waals surface area contributed by atoms with Crippen LogP contribution in [-0.4, -0.2) is 29.4 Å². The molecule has 0 aliphatic carbocycles. The van der Waals surface area contributed by atoms with Gasteiger partial charge in [-0.25, -0.2) is 0 Å². The van der Waals surface area contributed by atoms with Crippen molar-refractivity contribution in [2.75, 3.05) is 11.9 Å². The Morgan fingerprint density at radius 3 is 2.32 bits per heavy atom. The molecule has 0 aromatic heterocycles. The topological polar surface area (TPSA) is 56.1 Å². The number of carbonyl (C=O) groups excluding carboxylic acids is 1. The molecule has 0 spiro atoms. The molecule has 0 heterocycles. The summed E-state index contributed by atoms with van der Waals surface area (Å²) in [7, 11) is 0. The van der Waals surface area contributed by atoms with Gasteiger partial charge in [0, 0.05) is 11.7 Å². The van der Waals surface area contributed by atoms with Gasteiger partial charge in [-0.3, -0.25) is 9.69 Å². The smallest absolute Gasteiger partial charge is 0.241 e. The molecule has 0 aliphatic rings.